The summed E-state index contributed by atoms with van der Waals surface area (Å²) in [5.74, 6) is 1.11. The Morgan fingerprint density at radius 2 is 2.06 bits per heavy atom. The number of aromatic nitrogens is 2. The van der Waals surface area contributed by atoms with Gasteiger partial charge in [-0.15, -0.1) is 0 Å². The molecule has 0 bridgehead atoms. The van der Waals surface area contributed by atoms with Crippen LogP contribution in [0.15, 0.2) is 36.7 Å². The highest BCUT2D eigenvalue weighted by atomic mass is 14.9. The van der Waals surface area contributed by atoms with Crippen LogP contribution in [0.3, 0.4) is 0 Å². The summed E-state index contributed by atoms with van der Waals surface area (Å²) in [6.45, 7) is 4.43. The molecular formula is C14H17N3. The Morgan fingerprint density at radius 1 is 1.24 bits per heavy atom. The summed E-state index contributed by atoms with van der Waals surface area (Å²) in [5.41, 5.74) is 8.86. The van der Waals surface area contributed by atoms with Crippen LogP contribution in [0.1, 0.15) is 19.4 Å². The fourth-order valence-corrected chi connectivity index (χ4v) is 1.85. The van der Waals surface area contributed by atoms with Gasteiger partial charge in [-0.3, -0.25) is 4.98 Å². The van der Waals surface area contributed by atoms with Crippen molar-refractivity contribution in [2.24, 2.45) is 5.92 Å². The van der Waals surface area contributed by atoms with Gasteiger partial charge in [0, 0.05) is 5.56 Å². The van der Waals surface area contributed by atoms with Crippen LogP contribution >= 0.6 is 0 Å². The third-order valence-electron chi connectivity index (χ3n) is 2.52. The Morgan fingerprint density at radius 3 is 2.76 bits per heavy atom. The molecule has 0 spiro atoms. The fraction of sp³-hybridized carbons (Fsp3) is 0.286. The lowest BCUT2D eigenvalue weighted by Crippen LogP contribution is -1.96. The van der Waals surface area contributed by atoms with Gasteiger partial charge in [-0.05, 0) is 24.0 Å². The molecular weight excluding hydrogens is 210 g/mol. The first-order chi connectivity index (χ1) is 8.15. The zero-order valence-corrected chi connectivity index (χ0v) is 10.2. The average molecular weight is 227 g/mol. The zero-order chi connectivity index (χ0) is 12.3. The highest BCUT2D eigenvalue weighted by Crippen LogP contribution is 2.19. The highest BCUT2D eigenvalue weighted by molar-refractivity contribution is 5.60. The molecule has 1 heterocycles. The second kappa shape index (κ2) is 4.95. The van der Waals surface area contributed by atoms with E-state index in [9.17, 15) is 0 Å². The second-order valence-corrected chi connectivity index (χ2v) is 4.63. The predicted octanol–water partition coefficient (Wildman–Crippen LogP) is 2.92. The number of hydrogen-bond donors (Lipinski definition) is 1. The summed E-state index contributed by atoms with van der Waals surface area (Å²) in [5, 5.41) is 0. The van der Waals surface area contributed by atoms with Crippen molar-refractivity contribution in [2.45, 2.75) is 20.3 Å². The molecule has 0 atom stereocenters. The smallest absolute Gasteiger partial charge is 0.142 e. The van der Waals surface area contributed by atoms with Crippen LogP contribution in [0.4, 0.5) is 5.82 Å². The molecule has 0 fully saturated rings. The average Bonchev–Trinajstić information content (AvgIpc) is 2.28. The zero-order valence-electron chi connectivity index (χ0n) is 10.2. The first-order valence-electron chi connectivity index (χ1n) is 5.82. The number of anilines is 1. The summed E-state index contributed by atoms with van der Waals surface area (Å²) in [7, 11) is 0. The summed E-state index contributed by atoms with van der Waals surface area (Å²) in [6, 6.07) is 8.39. The molecule has 2 rings (SSSR count). The summed E-state index contributed by atoms with van der Waals surface area (Å²) >= 11 is 0. The number of nitrogens with two attached hydrogens (primary N) is 1. The Kier molecular flexibility index (Phi) is 3.38. The summed E-state index contributed by atoms with van der Waals surface area (Å²) in [4.78, 5) is 8.34. The topological polar surface area (TPSA) is 51.8 Å². The molecule has 1 aromatic heterocycles. The third kappa shape index (κ3) is 3.03. The number of nitrogen functional groups attached to an aromatic ring is 1. The number of rotatable bonds is 3. The van der Waals surface area contributed by atoms with Crippen molar-refractivity contribution in [3.8, 4) is 11.3 Å². The molecule has 2 N–H and O–H groups in total. The van der Waals surface area contributed by atoms with Crippen LogP contribution in [0.5, 0.6) is 0 Å². The Bertz CT molecular complexity index is 506. The lowest BCUT2D eigenvalue weighted by atomic mass is 10.0. The first-order valence-corrected chi connectivity index (χ1v) is 5.82. The standard InChI is InChI=1S/C14H17N3/c1-10(2)6-11-4-3-5-12(7-11)13-8-16-9-14(15)17-13/h3-5,7-10H,6H2,1-2H3,(H2,15,17). The van der Waals surface area contributed by atoms with Crippen LogP contribution in [0.25, 0.3) is 11.3 Å². The van der Waals surface area contributed by atoms with E-state index in [-0.39, 0.29) is 0 Å². The van der Waals surface area contributed by atoms with Gasteiger partial charge in [0.15, 0.2) is 0 Å². The molecule has 0 unspecified atom stereocenters. The van der Waals surface area contributed by atoms with Crippen LogP contribution in [-0.4, -0.2) is 9.97 Å². The van der Waals surface area contributed by atoms with Crippen molar-refractivity contribution < 1.29 is 0 Å². The SMILES string of the molecule is CC(C)Cc1cccc(-c2cncc(N)n2)c1. The highest BCUT2D eigenvalue weighted by Gasteiger charge is 2.03. The molecule has 17 heavy (non-hydrogen) atoms. The van der Waals surface area contributed by atoms with Crippen molar-refractivity contribution in [3.63, 3.8) is 0 Å². The molecule has 1 aromatic carbocycles. The molecule has 3 heteroatoms. The molecule has 0 aliphatic carbocycles. The first kappa shape index (κ1) is 11.6. The third-order valence-corrected chi connectivity index (χ3v) is 2.52. The molecule has 0 amide bonds. The van der Waals surface area contributed by atoms with Gasteiger partial charge in [0.05, 0.1) is 18.1 Å². The van der Waals surface area contributed by atoms with Gasteiger partial charge >= 0.3 is 0 Å². The number of hydrogen-bond acceptors (Lipinski definition) is 3. The second-order valence-electron chi connectivity index (χ2n) is 4.63. The Hall–Kier alpha value is -1.90. The molecule has 0 radical (unpaired) electrons. The molecule has 88 valence electrons. The van der Waals surface area contributed by atoms with Gasteiger partial charge in [0.1, 0.15) is 5.82 Å². The Labute approximate surface area is 102 Å². The van der Waals surface area contributed by atoms with Gasteiger partial charge in [0.25, 0.3) is 0 Å². The van der Waals surface area contributed by atoms with E-state index in [0.29, 0.717) is 11.7 Å². The van der Waals surface area contributed by atoms with E-state index in [1.54, 1.807) is 12.4 Å². The van der Waals surface area contributed by atoms with Crippen LogP contribution in [0, 0.1) is 5.92 Å². The van der Waals surface area contributed by atoms with Crippen molar-refractivity contribution in [1.29, 1.82) is 0 Å². The van der Waals surface area contributed by atoms with Crippen molar-refractivity contribution in [3.05, 3.63) is 42.2 Å². The minimum Gasteiger partial charge on any atom is -0.382 e. The summed E-state index contributed by atoms with van der Waals surface area (Å²) < 4.78 is 0. The van der Waals surface area contributed by atoms with Crippen LogP contribution < -0.4 is 5.73 Å². The van der Waals surface area contributed by atoms with E-state index in [4.69, 9.17) is 5.73 Å². The maximum Gasteiger partial charge on any atom is 0.142 e. The van der Waals surface area contributed by atoms with Gasteiger partial charge in [-0.1, -0.05) is 32.0 Å². The van der Waals surface area contributed by atoms with Gasteiger partial charge in [0.2, 0.25) is 0 Å². The van der Waals surface area contributed by atoms with Gasteiger partial charge in [-0.25, -0.2) is 4.98 Å². The van der Waals surface area contributed by atoms with E-state index in [1.807, 2.05) is 6.07 Å². The maximum atomic E-state index is 5.64. The molecule has 0 aliphatic rings. The summed E-state index contributed by atoms with van der Waals surface area (Å²) in [6.07, 6.45) is 4.37. The van der Waals surface area contributed by atoms with Crippen LogP contribution in [0.2, 0.25) is 0 Å². The van der Waals surface area contributed by atoms with E-state index >= 15 is 0 Å². The quantitative estimate of drug-likeness (QED) is 0.877. The Balaban J connectivity index is 2.33. The maximum absolute atomic E-state index is 5.64. The van der Waals surface area contributed by atoms with Gasteiger partial charge in [-0.2, -0.15) is 0 Å². The largest absolute Gasteiger partial charge is 0.382 e. The van der Waals surface area contributed by atoms with Gasteiger partial charge < -0.3 is 5.73 Å². The van der Waals surface area contributed by atoms with Crippen molar-refractivity contribution in [2.75, 3.05) is 5.73 Å². The lowest BCUT2D eigenvalue weighted by molar-refractivity contribution is 0.647. The fourth-order valence-electron chi connectivity index (χ4n) is 1.85. The van der Waals surface area contributed by atoms with Crippen molar-refractivity contribution in [1.82, 2.24) is 9.97 Å². The van der Waals surface area contributed by atoms with E-state index in [1.165, 1.54) is 5.56 Å². The molecule has 0 saturated carbocycles. The number of benzene rings is 1. The molecule has 2 aromatic rings. The number of nitrogens with zero attached hydrogens (tertiary/aromatic N) is 2. The van der Waals surface area contributed by atoms with E-state index in [2.05, 4.69) is 42.0 Å². The minimum atomic E-state index is 0.455. The monoisotopic (exact) mass is 227 g/mol. The normalized spacial score (nSPS) is 10.8. The predicted molar refractivity (Wildman–Crippen MR) is 70.4 cm³/mol. The lowest BCUT2D eigenvalue weighted by Gasteiger charge is -2.07. The van der Waals surface area contributed by atoms with E-state index in [0.717, 1.165) is 17.7 Å². The molecule has 0 aliphatic heterocycles. The molecule has 0 saturated heterocycles. The van der Waals surface area contributed by atoms with Crippen molar-refractivity contribution >= 4 is 5.82 Å². The van der Waals surface area contributed by atoms with Crippen LogP contribution in [-0.2, 0) is 6.42 Å². The minimum absolute atomic E-state index is 0.455. The molecule has 3 nitrogen and oxygen atoms in total. The van der Waals surface area contributed by atoms with E-state index < -0.39 is 0 Å².